The van der Waals surface area contributed by atoms with E-state index in [4.69, 9.17) is 11.6 Å². The Morgan fingerprint density at radius 2 is 0.846 bits per heavy atom. The smallest absolute Gasteiger partial charge is 0.677 e. The SMILES string of the molecule is CC.CC.CC.CC.CC(C)CCC(C)C.CCC(C)C.CCC[NH-].CCN(N)C(C)C.CNC(C)C.[CH3-].[V+2]. The summed E-state index contributed by atoms with van der Waals surface area (Å²) >= 11 is 0. The molecule has 39 heavy (non-hydrogen) atoms. The van der Waals surface area contributed by atoms with Crippen molar-refractivity contribution >= 4 is 0 Å². The molecule has 0 aromatic heterocycles. The normalized spacial score (nSPS) is 8.15. The van der Waals surface area contributed by atoms with Crippen molar-refractivity contribution in [3.8, 4) is 0 Å². The van der Waals surface area contributed by atoms with Crippen LogP contribution in [0.1, 0.15) is 171 Å². The zero-order chi connectivity index (χ0) is 32.4. The van der Waals surface area contributed by atoms with Gasteiger partial charge >= 0.3 is 18.6 Å². The van der Waals surface area contributed by atoms with Crippen LogP contribution in [0.4, 0.5) is 0 Å². The minimum atomic E-state index is 0. The Hall–Kier alpha value is 0.424. The topological polar surface area (TPSA) is 65.1 Å². The van der Waals surface area contributed by atoms with Gasteiger partial charge in [0.2, 0.25) is 0 Å². The monoisotopic (exact) mass is 606 g/mol. The quantitative estimate of drug-likeness (QED) is 0.164. The molecule has 0 atom stereocenters. The molecule has 5 heteroatoms. The number of nitrogens with zero attached hydrogens (tertiary/aromatic N) is 1. The van der Waals surface area contributed by atoms with E-state index in [-0.39, 0.29) is 26.0 Å². The fraction of sp³-hybridized carbons (Fsp3) is 0.971. The molecule has 1 radical (unpaired) electrons. The molecule has 251 valence electrons. The predicted octanol–water partition coefficient (Wildman–Crippen LogP) is 12.3. The summed E-state index contributed by atoms with van der Waals surface area (Å²) in [5.74, 6) is 8.11. The van der Waals surface area contributed by atoms with Gasteiger partial charge in [-0.3, -0.25) is 5.84 Å². The molecule has 4 nitrogen and oxygen atoms in total. The van der Waals surface area contributed by atoms with Gasteiger partial charge in [-0.1, -0.05) is 157 Å². The molecule has 0 aliphatic heterocycles. The van der Waals surface area contributed by atoms with Crippen LogP contribution in [0.25, 0.3) is 5.73 Å². The third kappa shape index (κ3) is 189. The van der Waals surface area contributed by atoms with Crippen molar-refractivity contribution in [1.82, 2.24) is 10.3 Å². The summed E-state index contributed by atoms with van der Waals surface area (Å²) in [5, 5.41) is 4.82. The molecule has 0 spiro atoms. The van der Waals surface area contributed by atoms with E-state index in [0.29, 0.717) is 18.6 Å². The molecule has 0 aromatic carbocycles. The minimum absolute atomic E-state index is 0. The van der Waals surface area contributed by atoms with Crippen LogP contribution in [0.3, 0.4) is 0 Å². The summed E-state index contributed by atoms with van der Waals surface area (Å²) in [7, 11) is 1.95. The van der Waals surface area contributed by atoms with Crippen LogP contribution in [-0.4, -0.2) is 37.2 Å². The predicted molar refractivity (Wildman–Crippen MR) is 191 cm³/mol. The summed E-state index contributed by atoms with van der Waals surface area (Å²) in [6.45, 7) is 45.7. The van der Waals surface area contributed by atoms with Gasteiger partial charge in [-0.05, 0) is 38.6 Å². The standard InChI is InChI=1S/C8H18.C5H14N2.C5H12.C4H11N.C3H8N.4C2H6.CH3.V/c1-7(2)5-6-8(3)4;1-4-7(6)5(2)3;1-4-5(2)3;1-4(2)5-3;1-2-3-4;4*1-2;;/h7-8H,5-6H2,1-4H3;5H,4,6H2,1-3H3;5H,4H2,1-3H3;4-5H,1-3H3;4H,2-3H2,1H3;4*1-2H3;1H3;/q;;;;-1;;;;;-1;+2. The van der Waals surface area contributed by atoms with Crippen molar-refractivity contribution in [3.05, 3.63) is 13.2 Å². The van der Waals surface area contributed by atoms with Gasteiger partial charge < -0.3 is 18.5 Å². The van der Waals surface area contributed by atoms with Crippen LogP contribution < -0.4 is 11.2 Å². The molecule has 0 amide bonds. The molecule has 0 saturated carbocycles. The van der Waals surface area contributed by atoms with Gasteiger partial charge in [-0.2, -0.15) is 6.54 Å². The molecule has 0 saturated heterocycles. The van der Waals surface area contributed by atoms with Gasteiger partial charge in [0.25, 0.3) is 0 Å². The van der Waals surface area contributed by atoms with Crippen LogP contribution in [-0.2, 0) is 18.6 Å². The maximum absolute atomic E-state index is 6.45. The van der Waals surface area contributed by atoms with Crippen molar-refractivity contribution in [2.75, 3.05) is 20.1 Å². The summed E-state index contributed by atoms with van der Waals surface area (Å²) in [4.78, 5) is 0. The Bertz CT molecular complexity index is 229. The van der Waals surface area contributed by atoms with E-state index in [1.807, 2.05) is 76.3 Å². The first-order valence-corrected chi connectivity index (χ1v) is 16.1. The van der Waals surface area contributed by atoms with Crippen LogP contribution >= 0.6 is 0 Å². The van der Waals surface area contributed by atoms with Crippen LogP contribution in [0.2, 0.25) is 0 Å². The third-order valence-corrected chi connectivity index (χ3v) is 3.99. The fourth-order valence-corrected chi connectivity index (χ4v) is 1.03. The molecular weight excluding hydrogens is 515 g/mol. The molecule has 0 fully saturated rings. The van der Waals surface area contributed by atoms with Gasteiger partial charge in [0.1, 0.15) is 0 Å². The molecule has 0 unspecified atom stereocenters. The minimum Gasteiger partial charge on any atom is -0.677 e. The Balaban J connectivity index is -0.0000000262. The Morgan fingerprint density at radius 3 is 0.872 bits per heavy atom. The molecule has 0 heterocycles. The molecule has 0 rings (SSSR count). The van der Waals surface area contributed by atoms with Gasteiger partial charge in [-0.15, -0.1) is 0 Å². The molecular formula is C34H90N4V. The van der Waals surface area contributed by atoms with E-state index in [1.54, 1.807) is 5.01 Å². The fourth-order valence-electron chi connectivity index (χ4n) is 1.03. The maximum atomic E-state index is 6.45. The van der Waals surface area contributed by atoms with Gasteiger partial charge in [0.05, 0.1) is 0 Å². The second kappa shape index (κ2) is 83.3. The average molecular weight is 606 g/mol. The molecule has 0 aliphatic rings. The zero-order valence-electron chi connectivity index (χ0n) is 32.6. The molecule has 0 bridgehead atoms. The summed E-state index contributed by atoms with van der Waals surface area (Å²) in [6.07, 6.45) is 5.06. The number of hydrogen-bond donors (Lipinski definition) is 2. The van der Waals surface area contributed by atoms with Crippen molar-refractivity contribution in [1.29, 1.82) is 0 Å². The first-order chi connectivity index (χ1) is 17.3. The molecule has 4 N–H and O–H groups in total. The van der Waals surface area contributed by atoms with Crippen LogP contribution in [0, 0.1) is 25.2 Å². The maximum Gasteiger partial charge on any atom is 2.00 e. The van der Waals surface area contributed by atoms with Crippen molar-refractivity contribution in [3.63, 3.8) is 0 Å². The molecule has 0 aromatic rings. The third-order valence-electron chi connectivity index (χ3n) is 3.99. The van der Waals surface area contributed by atoms with Gasteiger partial charge in [0.15, 0.2) is 0 Å². The summed E-state index contributed by atoms with van der Waals surface area (Å²) < 4.78 is 0. The summed E-state index contributed by atoms with van der Waals surface area (Å²) in [5.41, 5.74) is 6.45. The van der Waals surface area contributed by atoms with Crippen LogP contribution in [0.5, 0.6) is 0 Å². The van der Waals surface area contributed by atoms with Crippen molar-refractivity contribution < 1.29 is 18.6 Å². The Kier molecular flexibility index (Phi) is 154. The number of hydrazine groups is 1. The van der Waals surface area contributed by atoms with E-state index in [0.717, 1.165) is 30.7 Å². The van der Waals surface area contributed by atoms with E-state index in [2.05, 4.69) is 81.5 Å². The van der Waals surface area contributed by atoms with Gasteiger partial charge in [0, 0.05) is 18.6 Å². The number of nitrogens with two attached hydrogens (primary N) is 1. The largest absolute Gasteiger partial charge is 2.00 e. The second-order valence-electron chi connectivity index (χ2n) is 9.28. The average Bonchev–Trinajstić information content (AvgIpc) is 2.92. The Morgan fingerprint density at radius 1 is 0.641 bits per heavy atom. The van der Waals surface area contributed by atoms with Gasteiger partial charge in [-0.25, -0.2) is 5.01 Å². The first-order valence-electron chi connectivity index (χ1n) is 16.1. The molecule has 0 aliphatic carbocycles. The number of rotatable bonds is 8. The van der Waals surface area contributed by atoms with E-state index >= 15 is 0 Å². The number of nitrogens with one attached hydrogen (secondary N) is 2. The van der Waals surface area contributed by atoms with E-state index in [1.165, 1.54) is 19.3 Å². The van der Waals surface area contributed by atoms with E-state index in [9.17, 15) is 0 Å². The number of hydrogen-bond acceptors (Lipinski definition) is 3. The van der Waals surface area contributed by atoms with Crippen molar-refractivity contribution in [2.45, 2.75) is 183 Å². The van der Waals surface area contributed by atoms with Crippen LogP contribution in [0.15, 0.2) is 0 Å². The van der Waals surface area contributed by atoms with E-state index < -0.39 is 0 Å². The summed E-state index contributed by atoms with van der Waals surface area (Å²) in [6, 6.07) is 1.11. The second-order valence-corrected chi connectivity index (χ2v) is 9.28. The Labute approximate surface area is 268 Å². The zero-order valence-corrected chi connectivity index (χ0v) is 34.0. The van der Waals surface area contributed by atoms with Crippen molar-refractivity contribution in [2.24, 2.45) is 23.6 Å². The first kappa shape index (κ1) is 72.0.